The number of nitrogens with one attached hydrogen (secondary N) is 1. The molecular formula is C11H16BrN. The van der Waals surface area contributed by atoms with Crippen molar-refractivity contribution < 1.29 is 0 Å². The molecule has 1 nitrogen and oxygen atoms in total. The van der Waals surface area contributed by atoms with E-state index in [4.69, 9.17) is 0 Å². The molecule has 1 aromatic carbocycles. The predicted molar refractivity (Wildman–Crippen MR) is 60.7 cm³/mol. The number of rotatable bonds is 4. The Morgan fingerprint density at radius 3 is 2.46 bits per heavy atom. The fourth-order valence-corrected chi connectivity index (χ4v) is 1.30. The minimum atomic E-state index is 0.601. The fraction of sp³-hybridized carbons (Fsp3) is 0.455. The number of hydrogen-bond acceptors (Lipinski definition) is 1. The first kappa shape index (κ1) is 10.7. The maximum Gasteiger partial charge on any atom is 0.0207 e. The summed E-state index contributed by atoms with van der Waals surface area (Å²) < 4.78 is 1.14. The first-order valence-electron chi connectivity index (χ1n) is 4.70. The average molecular weight is 242 g/mol. The van der Waals surface area contributed by atoms with E-state index in [1.807, 2.05) is 0 Å². The van der Waals surface area contributed by atoms with E-state index in [2.05, 4.69) is 59.4 Å². The quantitative estimate of drug-likeness (QED) is 0.853. The SMILES string of the molecule is CCC(C)NCc1ccc(Br)cc1. The van der Waals surface area contributed by atoms with E-state index in [1.54, 1.807) is 0 Å². The maximum absolute atomic E-state index is 3.45. The number of hydrogen-bond donors (Lipinski definition) is 1. The van der Waals surface area contributed by atoms with Gasteiger partial charge in [0, 0.05) is 17.1 Å². The van der Waals surface area contributed by atoms with Gasteiger partial charge in [-0.25, -0.2) is 0 Å². The molecule has 0 saturated heterocycles. The normalized spacial score (nSPS) is 12.8. The monoisotopic (exact) mass is 241 g/mol. The minimum Gasteiger partial charge on any atom is -0.310 e. The molecule has 0 bridgehead atoms. The lowest BCUT2D eigenvalue weighted by molar-refractivity contribution is 0.534. The molecule has 0 spiro atoms. The summed E-state index contributed by atoms with van der Waals surface area (Å²) in [5.74, 6) is 0. The van der Waals surface area contributed by atoms with Crippen LogP contribution in [0.4, 0.5) is 0 Å². The summed E-state index contributed by atoms with van der Waals surface area (Å²) in [4.78, 5) is 0. The van der Waals surface area contributed by atoms with E-state index in [-0.39, 0.29) is 0 Å². The first-order chi connectivity index (χ1) is 6.22. The zero-order valence-electron chi connectivity index (χ0n) is 8.18. The molecule has 1 aromatic rings. The van der Waals surface area contributed by atoms with Crippen LogP contribution in [0.2, 0.25) is 0 Å². The van der Waals surface area contributed by atoms with Gasteiger partial charge in [0.05, 0.1) is 0 Å². The Labute approximate surface area is 88.7 Å². The van der Waals surface area contributed by atoms with Gasteiger partial charge < -0.3 is 5.32 Å². The van der Waals surface area contributed by atoms with Crippen LogP contribution < -0.4 is 5.32 Å². The summed E-state index contributed by atoms with van der Waals surface area (Å²) in [6.07, 6.45) is 1.18. The molecule has 0 saturated carbocycles. The summed E-state index contributed by atoms with van der Waals surface area (Å²) in [6.45, 7) is 5.36. The molecule has 1 unspecified atom stereocenters. The van der Waals surface area contributed by atoms with Crippen LogP contribution in [0.1, 0.15) is 25.8 Å². The molecule has 0 aromatic heterocycles. The third-order valence-electron chi connectivity index (χ3n) is 2.18. The van der Waals surface area contributed by atoms with Crippen LogP contribution in [0.25, 0.3) is 0 Å². The van der Waals surface area contributed by atoms with Crippen molar-refractivity contribution >= 4 is 15.9 Å². The Balaban J connectivity index is 2.41. The van der Waals surface area contributed by atoms with Crippen molar-refractivity contribution in [3.8, 4) is 0 Å². The minimum absolute atomic E-state index is 0.601. The van der Waals surface area contributed by atoms with Crippen molar-refractivity contribution in [2.24, 2.45) is 0 Å². The third kappa shape index (κ3) is 3.92. The van der Waals surface area contributed by atoms with Gasteiger partial charge in [-0.3, -0.25) is 0 Å². The van der Waals surface area contributed by atoms with Gasteiger partial charge in [-0.1, -0.05) is 35.0 Å². The van der Waals surface area contributed by atoms with Crippen molar-refractivity contribution in [1.82, 2.24) is 5.32 Å². The van der Waals surface area contributed by atoms with E-state index in [0.717, 1.165) is 11.0 Å². The molecule has 13 heavy (non-hydrogen) atoms. The molecule has 0 aliphatic carbocycles. The van der Waals surface area contributed by atoms with Crippen molar-refractivity contribution in [3.05, 3.63) is 34.3 Å². The lowest BCUT2D eigenvalue weighted by atomic mass is 10.2. The molecule has 0 aliphatic rings. The van der Waals surface area contributed by atoms with Gasteiger partial charge in [-0.2, -0.15) is 0 Å². The Kier molecular flexibility index (Phi) is 4.46. The largest absolute Gasteiger partial charge is 0.310 e. The highest BCUT2D eigenvalue weighted by molar-refractivity contribution is 9.10. The molecule has 0 amide bonds. The van der Waals surface area contributed by atoms with E-state index in [9.17, 15) is 0 Å². The highest BCUT2D eigenvalue weighted by Gasteiger charge is 1.97. The van der Waals surface area contributed by atoms with Gasteiger partial charge >= 0.3 is 0 Å². The number of benzene rings is 1. The van der Waals surface area contributed by atoms with Gasteiger partial charge in [-0.15, -0.1) is 0 Å². The van der Waals surface area contributed by atoms with Crippen LogP contribution in [0.3, 0.4) is 0 Å². The molecule has 0 radical (unpaired) electrons. The van der Waals surface area contributed by atoms with Crippen molar-refractivity contribution in [2.45, 2.75) is 32.9 Å². The summed E-state index contributed by atoms with van der Waals surface area (Å²) in [5.41, 5.74) is 1.34. The topological polar surface area (TPSA) is 12.0 Å². The standard InChI is InChI=1S/C11H16BrN/c1-3-9(2)13-8-10-4-6-11(12)7-5-10/h4-7,9,13H,3,8H2,1-2H3. The van der Waals surface area contributed by atoms with E-state index in [1.165, 1.54) is 12.0 Å². The van der Waals surface area contributed by atoms with Crippen molar-refractivity contribution in [2.75, 3.05) is 0 Å². The van der Waals surface area contributed by atoms with Crippen LogP contribution in [0.15, 0.2) is 28.7 Å². The molecule has 1 atom stereocenters. The highest BCUT2D eigenvalue weighted by atomic mass is 79.9. The van der Waals surface area contributed by atoms with E-state index >= 15 is 0 Å². The molecule has 1 rings (SSSR count). The molecule has 0 heterocycles. The maximum atomic E-state index is 3.45. The van der Waals surface area contributed by atoms with Crippen LogP contribution in [0, 0.1) is 0 Å². The highest BCUT2D eigenvalue weighted by Crippen LogP contribution is 2.10. The molecule has 0 fully saturated rings. The summed E-state index contributed by atoms with van der Waals surface area (Å²) in [5, 5.41) is 3.45. The Morgan fingerprint density at radius 2 is 1.92 bits per heavy atom. The summed E-state index contributed by atoms with van der Waals surface area (Å²) >= 11 is 3.42. The van der Waals surface area contributed by atoms with Gasteiger partial charge in [0.2, 0.25) is 0 Å². The number of halogens is 1. The second-order valence-electron chi connectivity index (χ2n) is 3.32. The second-order valence-corrected chi connectivity index (χ2v) is 4.23. The van der Waals surface area contributed by atoms with Crippen LogP contribution in [0.5, 0.6) is 0 Å². The van der Waals surface area contributed by atoms with Gasteiger partial charge in [0.25, 0.3) is 0 Å². The smallest absolute Gasteiger partial charge is 0.0207 e. The van der Waals surface area contributed by atoms with Gasteiger partial charge in [0.15, 0.2) is 0 Å². The zero-order chi connectivity index (χ0) is 9.68. The second kappa shape index (κ2) is 5.40. The Bertz CT molecular complexity index is 243. The van der Waals surface area contributed by atoms with Crippen molar-refractivity contribution in [3.63, 3.8) is 0 Å². The average Bonchev–Trinajstić information content (AvgIpc) is 2.16. The summed E-state index contributed by atoms with van der Waals surface area (Å²) in [7, 11) is 0. The third-order valence-corrected chi connectivity index (χ3v) is 2.71. The zero-order valence-corrected chi connectivity index (χ0v) is 9.76. The molecule has 1 N–H and O–H groups in total. The Hall–Kier alpha value is -0.340. The van der Waals surface area contributed by atoms with E-state index < -0.39 is 0 Å². The van der Waals surface area contributed by atoms with Crippen LogP contribution >= 0.6 is 15.9 Å². The molecule has 0 aliphatic heterocycles. The molecule has 72 valence electrons. The van der Waals surface area contributed by atoms with Gasteiger partial charge in [0.1, 0.15) is 0 Å². The lowest BCUT2D eigenvalue weighted by Crippen LogP contribution is -2.24. The van der Waals surface area contributed by atoms with E-state index in [0.29, 0.717) is 6.04 Å². The summed E-state index contributed by atoms with van der Waals surface area (Å²) in [6, 6.07) is 9.03. The fourth-order valence-electron chi connectivity index (χ4n) is 1.04. The van der Waals surface area contributed by atoms with Crippen LogP contribution in [-0.2, 0) is 6.54 Å². The molecular weight excluding hydrogens is 226 g/mol. The Morgan fingerprint density at radius 1 is 1.31 bits per heavy atom. The van der Waals surface area contributed by atoms with Gasteiger partial charge in [-0.05, 0) is 31.0 Å². The predicted octanol–water partition coefficient (Wildman–Crippen LogP) is 3.34. The van der Waals surface area contributed by atoms with Crippen LogP contribution in [-0.4, -0.2) is 6.04 Å². The van der Waals surface area contributed by atoms with Crippen molar-refractivity contribution in [1.29, 1.82) is 0 Å². The first-order valence-corrected chi connectivity index (χ1v) is 5.49. The lowest BCUT2D eigenvalue weighted by Gasteiger charge is -2.10. The molecule has 2 heteroatoms.